The van der Waals surface area contributed by atoms with E-state index in [1.807, 2.05) is 0 Å². The Morgan fingerprint density at radius 3 is 1.89 bits per heavy atom. The van der Waals surface area contributed by atoms with Crippen LogP contribution in [0.15, 0.2) is 36.0 Å². The van der Waals surface area contributed by atoms with Gasteiger partial charge in [0.05, 0.1) is 16.9 Å². The quantitative estimate of drug-likeness (QED) is 0.609. The third kappa shape index (κ3) is 3.45. The summed E-state index contributed by atoms with van der Waals surface area (Å²) < 4.78 is 0. The molecule has 0 nitrogen and oxygen atoms in total. The molecule has 0 amide bonds. The van der Waals surface area contributed by atoms with E-state index in [1.165, 1.54) is 23.7 Å². The zero-order chi connectivity index (χ0) is 13.6. The minimum atomic E-state index is -1.26. The lowest BCUT2D eigenvalue weighted by molar-refractivity contribution is 1.20. The van der Waals surface area contributed by atoms with E-state index in [2.05, 4.69) is 69.9 Å². The van der Waals surface area contributed by atoms with E-state index in [0.717, 1.165) is 0 Å². The maximum Gasteiger partial charge on any atom is 0.0857 e. The number of benzene rings is 1. The van der Waals surface area contributed by atoms with Crippen LogP contribution in [0.4, 0.5) is 0 Å². The Hall–Kier alpha value is -0.606. The molecule has 0 saturated carbocycles. The van der Waals surface area contributed by atoms with E-state index in [0.29, 0.717) is 0 Å². The SMILES string of the molecule is CC[Si](CC)(CC)/C(=C/[Si](C)C)c1ccccc1. The zero-order valence-corrected chi connectivity index (χ0v) is 14.6. The topological polar surface area (TPSA) is 0 Å². The molecule has 0 fully saturated rings. The molecule has 0 bridgehead atoms. The lowest BCUT2D eigenvalue weighted by Crippen LogP contribution is -2.34. The largest absolute Gasteiger partial charge is 0.0968 e. The van der Waals surface area contributed by atoms with E-state index < -0.39 is 8.07 Å². The lowest BCUT2D eigenvalue weighted by Gasteiger charge is -2.32. The maximum atomic E-state index is 2.63. The highest BCUT2D eigenvalue weighted by Gasteiger charge is 2.32. The van der Waals surface area contributed by atoms with Crippen LogP contribution >= 0.6 is 0 Å². The fourth-order valence-electron chi connectivity index (χ4n) is 2.77. The third-order valence-corrected chi connectivity index (χ3v) is 10.9. The second-order valence-corrected chi connectivity index (χ2v) is 13.0. The van der Waals surface area contributed by atoms with Crippen LogP contribution < -0.4 is 0 Å². The van der Waals surface area contributed by atoms with Gasteiger partial charge in [-0.3, -0.25) is 0 Å². The fourth-order valence-corrected chi connectivity index (χ4v) is 9.03. The van der Waals surface area contributed by atoms with Crippen molar-refractivity contribution in [2.24, 2.45) is 0 Å². The van der Waals surface area contributed by atoms with Gasteiger partial charge in [0.25, 0.3) is 0 Å². The molecule has 18 heavy (non-hydrogen) atoms. The number of rotatable bonds is 6. The summed E-state index contributed by atoms with van der Waals surface area (Å²) in [6, 6.07) is 15.2. The van der Waals surface area contributed by atoms with Crippen molar-refractivity contribution in [3.8, 4) is 0 Å². The number of hydrogen-bond donors (Lipinski definition) is 0. The molecule has 0 heterocycles. The average Bonchev–Trinajstić information content (AvgIpc) is 2.40. The second-order valence-electron chi connectivity index (χ2n) is 5.34. The lowest BCUT2D eigenvalue weighted by atomic mass is 10.2. The summed E-state index contributed by atoms with van der Waals surface area (Å²) in [5.74, 6) is 0. The van der Waals surface area contributed by atoms with Gasteiger partial charge in [-0.05, 0) is 5.56 Å². The van der Waals surface area contributed by atoms with Gasteiger partial charge in [0, 0.05) is 0 Å². The molecule has 1 rings (SSSR count). The first-order valence-corrected chi connectivity index (χ1v) is 12.4. The van der Waals surface area contributed by atoms with Crippen molar-refractivity contribution < 1.29 is 0 Å². The average molecular weight is 276 g/mol. The van der Waals surface area contributed by atoms with E-state index in [4.69, 9.17) is 0 Å². The van der Waals surface area contributed by atoms with Crippen LogP contribution in [0.5, 0.6) is 0 Å². The van der Waals surface area contributed by atoms with Gasteiger partial charge in [0.1, 0.15) is 0 Å². The second kappa shape index (κ2) is 7.10. The molecule has 0 spiro atoms. The predicted molar refractivity (Wildman–Crippen MR) is 89.1 cm³/mol. The summed E-state index contributed by atoms with van der Waals surface area (Å²) >= 11 is 0. The highest BCUT2D eigenvalue weighted by Crippen LogP contribution is 2.35. The summed E-state index contributed by atoms with van der Waals surface area (Å²) in [4.78, 5) is 0. The highest BCUT2D eigenvalue weighted by molar-refractivity contribution is 6.97. The van der Waals surface area contributed by atoms with Crippen LogP contribution in [0.1, 0.15) is 26.3 Å². The standard InChI is InChI=1S/C16H27Si2/c1-6-18(7-2,8-3)16(14-17(4)5)15-12-10-9-11-13-15/h9-14H,6-8H2,1-5H3/b16-14+. The van der Waals surface area contributed by atoms with Crippen LogP contribution in [-0.2, 0) is 0 Å². The monoisotopic (exact) mass is 275 g/mol. The predicted octanol–water partition coefficient (Wildman–Crippen LogP) is 5.41. The van der Waals surface area contributed by atoms with Crippen LogP contribution in [0, 0.1) is 0 Å². The first-order valence-electron chi connectivity index (χ1n) is 7.17. The van der Waals surface area contributed by atoms with Gasteiger partial charge in [-0.15, -0.1) is 0 Å². The molecule has 1 aromatic rings. The maximum absolute atomic E-state index is 2.63. The molecule has 0 N–H and O–H groups in total. The summed E-state index contributed by atoms with van der Waals surface area (Å²) in [7, 11) is -1.58. The van der Waals surface area contributed by atoms with Gasteiger partial charge < -0.3 is 0 Å². The molecule has 1 radical (unpaired) electrons. The van der Waals surface area contributed by atoms with Crippen molar-refractivity contribution >= 4 is 22.1 Å². The Morgan fingerprint density at radius 1 is 1.00 bits per heavy atom. The van der Waals surface area contributed by atoms with E-state index in [9.17, 15) is 0 Å². The Morgan fingerprint density at radius 2 is 1.50 bits per heavy atom. The molecule has 0 aromatic heterocycles. The third-order valence-electron chi connectivity index (χ3n) is 4.12. The summed E-state index contributed by atoms with van der Waals surface area (Å²) in [6.07, 6.45) is 0. The molecule has 0 unspecified atom stereocenters. The first kappa shape index (κ1) is 15.5. The van der Waals surface area contributed by atoms with Crippen molar-refractivity contribution in [3.63, 3.8) is 0 Å². The molecule has 2 heteroatoms. The van der Waals surface area contributed by atoms with Crippen molar-refractivity contribution in [2.75, 3.05) is 0 Å². The van der Waals surface area contributed by atoms with Gasteiger partial charge in [0.15, 0.2) is 0 Å². The van der Waals surface area contributed by atoms with Gasteiger partial charge in [-0.2, -0.15) is 0 Å². The fraction of sp³-hybridized carbons (Fsp3) is 0.500. The van der Waals surface area contributed by atoms with Crippen molar-refractivity contribution in [1.82, 2.24) is 0 Å². The molecule has 1 aromatic carbocycles. The zero-order valence-electron chi connectivity index (χ0n) is 12.6. The molecule has 99 valence electrons. The molecule has 0 atom stereocenters. The normalized spacial score (nSPS) is 13.1. The van der Waals surface area contributed by atoms with E-state index in [1.54, 1.807) is 5.20 Å². The van der Waals surface area contributed by atoms with Crippen molar-refractivity contribution in [2.45, 2.75) is 52.0 Å². The summed E-state index contributed by atoms with van der Waals surface area (Å²) in [6.45, 7) is 12.0. The van der Waals surface area contributed by atoms with Gasteiger partial charge in [-0.1, -0.05) is 93.2 Å². The molecule has 0 aliphatic rings. The number of hydrogen-bond acceptors (Lipinski definition) is 0. The van der Waals surface area contributed by atoms with Crippen LogP contribution in [0.25, 0.3) is 5.20 Å². The minimum Gasteiger partial charge on any atom is -0.0968 e. The van der Waals surface area contributed by atoms with Crippen LogP contribution in [-0.4, -0.2) is 16.9 Å². The molecule has 0 aliphatic heterocycles. The Labute approximate surface area is 116 Å². The molecule has 0 aliphatic carbocycles. The van der Waals surface area contributed by atoms with Gasteiger partial charge in [-0.25, -0.2) is 0 Å². The Kier molecular flexibility index (Phi) is 6.09. The van der Waals surface area contributed by atoms with Crippen LogP contribution in [0.3, 0.4) is 0 Å². The minimum absolute atomic E-state index is 0.320. The molecular weight excluding hydrogens is 248 g/mol. The van der Waals surface area contributed by atoms with Crippen LogP contribution in [0.2, 0.25) is 31.2 Å². The molecule has 0 saturated heterocycles. The van der Waals surface area contributed by atoms with Gasteiger partial charge >= 0.3 is 0 Å². The Bertz CT molecular complexity index is 367. The highest BCUT2D eigenvalue weighted by atomic mass is 28.3. The Balaban J connectivity index is 3.30. The van der Waals surface area contributed by atoms with E-state index >= 15 is 0 Å². The van der Waals surface area contributed by atoms with Crippen molar-refractivity contribution in [3.05, 3.63) is 41.6 Å². The summed E-state index contributed by atoms with van der Waals surface area (Å²) in [5.41, 5.74) is 4.11. The van der Waals surface area contributed by atoms with Gasteiger partial charge in [0.2, 0.25) is 0 Å². The van der Waals surface area contributed by atoms with E-state index in [-0.39, 0.29) is 8.80 Å². The smallest absolute Gasteiger partial charge is 0.0857 e. The summed E-state index contributed by atoms with van der Waals surface area (Å²) in [5, 5.41) is 1.73. The van der Waals surface area contributed by atoms with Crippen molar-refractivity contribution in [1.29, 1.82) is 0 Å². The molecular formula is C16H27Si2. The first-order chi connectivity index (χ1) is 8.59.